The Morgan fingerprint density at radius 1 is 1.11 bits per heavy atom. The van der Waals surface area contributed by atoms with Gasteiger partial charge in [0.15, 0.2) is 0 Å². The average molecular weight is 373 g/mol. The number of aromatic nitrogens is 1. The molecular formula is C23H23N3O2. The van der Waals surface area contributed by atoms with Gasteiger partial charge < -0.3 is 15.0 Å². The molecule has 0 fully saturated rings. The summed E-state index contributed by atoms with van der Waals surface area (Å²) in [6.07, 6.45) is 1.42. The number of fused-ring (bicyclic) bond motifs is 1. The molecule has 28 heavy (non-hydrogen) atoms. The van der Waals surface area contributed by atoms with Gasteiger partial charge in [-0.05, 0) is 60.9 Å². The van der Waals surface area contributed by atoms with Crippen LogP contribution in [-0.4, -0.2) is 22.9 Å². The quantitative estimate of drug-likeness (QED) is 0.717. The van der Waals surface area contributed by atoms with Gasteiger partial charge in [0.1, 0.15) is 11.9 Å². The van der Waals surface area contributed by atoms with E-state index in [-0.39, 0.29) is 12.1 Å². The second-order valence-electron chi connectivity index (χ2n) is 7.08. The number of carbonyl (C=O) groups is 1. The van der Waals surface area contributed by atoms with Crippen molar-refractivity contribution in [2.45, 2.75) is 26.6 Å². The molecule has 2 aromatic carbocycles. The van der Waals surface area contributed by atoms with Crippen molar-refractivity contribution >= 4 is 11.6 Å². The topological polar surface area (TPSA) is 54.5 Å². The lowest BCUT2D eigenvalue weighted by atomic mass is 10.1. The second kappa shape index (κ2) is 7.35. The first kappa shape index (κ1) is 18.0. The number of hydrogen-bond acceptors (Lipinski definition) is 4. The standard InChI is InChI=1S/C23H23N3O2/c1-15-6-7-16(2)20(13-15)25-22-21-19(5-4-12-24-21)23(27)26(22)14-17-8-10-18(28-3)11-9-17/h4-13,22,25H,14H2,1-3H3/t22-/m1/s1. The maximum atomic E-state index is 13.1. The van der Waals surface area contributed by atoms with E-state index in [1.54, 1.807) is 13.3 Å². The van der Waals surface area contributed by atoms with Crippen molar-refractivity contribution < 1.29 is 9.53 Å². The molecule has 5 nitrogen and oxygen atoms in total. The van der Waals surface area contributed by atoms with Gasteiger partial charge in [-0.25, -0.2) is 0 Å². The van der Waals surface area contributed by atoms with Gasteiger partial charge in [0.2, 0.25) is 0 Å². The summed E-state index contributed by atoms with van der Waals surface area (Å²) in [5, 5.41) is 3.55. The molecule has 1 amide bonds. The van der Waals surface area contributed by atoms with Gasteiger partial charge >= 0.3 is 0 Å². The lowest BCUT2D eigenvalue weighted by molar-refractivity contribution is 0.0727. The maximum absolute atomic E-state index is 13.1. The fourth-order valence-electron chi connectivity index (χ4n) is 3.51. The highest BCUT2D eigenvalue weighted by atomic mass is 16.5. The Balaban J connectivity index is 1.68. The van der Waals surface area contributed by atoms with Gasteiger partial charge in [-0.2, -0.15) is 0 Å². The minimum absolute atomic E-state index is 0.0123. The number of methoxy groups -OCH3 is 1. The molecule has 0 radical (unpaired) electrons. The summed E-state index contributed by atoms with van der Waals surface area (Å²) in [6.45, 7) is 4.61. The molecule has 1 atom stereocenters. The Morgan fingerprint density at radius 3 is 2.64 bits per heavy atom. The van der Waals surface area contributed by atoms with Crippen LogP contribution in [-0.2, 0) is 6.54 Å². The van der Waals surface area contributed by atoms with E-state index in [2.05, 4.69) is 42.3 Å². The molecule has 0 saturated carbocycles. The van der Waals surface area contributed by atoms with E-state index in [1.807, 2.05) is 41.3 Å². The zero-order valence-electron chi connectivity index (χ0n) is 16.3. The van der Waals surface area contributed by atoms with Crippen molar-refractivity contribution in [2.75, 3.05) is 12.4 Å². The number of nitrogens with one attached hydrogen (secondary N) is 1. The molecule has 0 saturated heterocycles. The van der Waals surface area contributed by atoms with Gasteiger partial charge in [0, 0.05) is 18.4 Å². The number of pyridine rings is 1. The van der Waals surface area contributed by atoms with Crippen molar-refractivity contribution in [3.8, 4) is 5.75 Å². The molecule has 0 unspecified atom stereocenters. The largest absolute Gasteiger partial charge is 0.497 e. The molecule has 3 aromatic rings. The lowest BCUT2D eigenvalue weighted by Gasteiger charge is -2.27. The van der Waals surface area contributed by atoms with Crippen LogP contribution >= 0.6 is 0 Å². The Kier molecular flexibility index (Phi) is 4.74. The minimum atomic E-state index is -0.314. The van der Waals surface area contributed by atoms with Gasteiger partial charge in [-0.3, -0.25) is 9.78 Å². The predicted molar refractivity (Wildman–Crippen MR) is 109 cm³/mol. The third-order valence-electron chi connectivity index (χ3n) is 5.10. The van der Waals surface area contributed by atoms with Crippen LogP contribution in [0.1, 0.15) is 38.9 Å². The Labute approximate surface area is 165 Å². The average Bonchev–Trinajstić information content (AvgIpc) is 2.97. The van der Waals surface area contributed by atoms with E-state index >= 15 is 0 Å². The summed E-state index contributed by atoms with van der Waals surface area (Å²) in [5.41, 5.74) is 5.76. The van der Waals surface area contributed by atoms with E-state index in [1.165, 1.54) is 5.56 Å². The molecule has 142 valence electrons. The van der Waals surface area contributed by atoms with Crippen molar-refractivity contribution in [1.82, 2.24) is 9.88 Å². The monoisotopic (exact) mass is 373 g/mol. The molecule has 0 aliphatic carbocycles. The Bertz CT molecular complexity index is 1010. The number of hydrogen-bond donors (Lipinski definition) is 1. The highest BCUT2D eigenvalue weighted by molar-refractivity contribution is 5.99. The number of benzene rings is 2. The number of rotatable bonds is 5. The molecule has 4 rings (SSSR count). The second-order valence-corrected chi connectivity index (χ2v) is 7.08. The minimum Gasteiger partial charge on any atom is -0.497 e. The summed E-state index contributed by atoms with van der Waals surface area (Å²) in [7, 11) is 1.64. The smallest absolute Gasteiger partial charge is 0.258 e. The number of amides is 1. The van der Waals surface area contributed by atoms with E-state index in [0.29, 0.717) is 12.1 Å². The van der Waals surface area contributed by atoms with Crippen molar-refractivity contribution in [3.63, 3.8) is 0 Å². The maximum Gasteiger partial charge on any atom is 0.258 e. The van der Waals surface area contributed by atoms with Crippen LogP contribution in [0.5, 0.6) is 5.75 Å². The summed E-state index contributed by atoms with van der Waals surface area (Å²) < 4.78 is 5.23. The van der Waals surface area contributed by atoms with Crippen LogP contribution in [0.25, 0.3) is 0 Å². The third kappa shape index (κ3) is 3.31. The number of nitrogens with zero attached hydrogens (tertiary/aromatic N) is 2. The molecule has 1 aliphatic heterocycles. The molecule has 0 bridgehead atoms. The fourth-order valence-corrected chi connectivity index (χ4v) is 3.51. The van der Waals surface area contributed by atoms with E-state index in [0.717, 1.165) is 28.3 Å². The van der Waals surface area contributed by atoms with Gasteiger partial charge in [-0.15, -0.1) is 0 Å². The van der Waals surface area contributed by atoms with E-state index < -0.39 is 0 Å². The zero-order valence-corrected chi connectivity index (χ0v) is 16.3. The molecular weight excluding hydrogens is 350 g/mol. The predicted octanol–water partition coefficient (Wildman–Crippen LogP) is 4.47. The van der Waals surface area contributed by atoms with E-state index in [9.17, 15) is 4.79 Å². The number of aryl methyl sites for hydroxylation is 2. The van der Waals surface area contributed by atoms with Gasteiger partial charge in [-0.1, -0.05) is 24.3 Å². The number of carbonyl (C=O) groups excluding carboxylic acids is 1. The first-order valence-electron chi connectivity index (χ1n) is 9.29. The van der Waals surface area contributed by atoms with Gasteiger partial charge in [0.05, 0.1) is 18.4 Å². The van der Waals surface area contributed by atoms with Crippen LogP contribution in [0.2, 0.25) is 0 Å². The SMILES string of the molecule is COc1ccc(CN2C(=O)c3cccnc3[C@@H]2Nc2cc(C)ccc2C)cc1. The van der Waals surface area contributed by atoms with Crippen molar-refractivity contribution in [2.24, 2.45) is 0 Å². The van der Waals surface area contributed by atoms with Crippen LogP contribution in [0.15, 0.2) is 60.8 Å². The van der Waals surface area contributed by atoms with Crippen LogP contribution in [0.4, 0.5) is 5.69 Å². The summed E-state index contributed by atoms with van der Waals surface area (Å²) in [4.78, 5) is 19.4. The summed E-state index contributed by atoms with van der Waals surface area (Å²) in [6, 6.07) is 17.7. The molecule has 1 N–H and O–H groups in total. The number of anilines is 1. The van der Waals surface area contributed by atoms with Crippen LogP contribution in [0, 0.1) is 13.8 Å². The van der Waals surface area contributed by atoms with E-state index in [4.69, 9.17) is 4.74 Å². The Morgan fingerprint density at radius 2 is 1.89 bits per heavy atom. The first-order valence-corrected chi connectivity index (χ1v) is 9.29. The normalized spacial score (nSPS) is 15.5. The molecule has 1 aromatic heterocycles. The highest BCUT2D eigenvalue weighted by Gasteiger charge is 2.38. The van der Waals surface area contributed by atoms with Crippen LogP contribution in [0.3, 0.4) is 0 Å². The molecule has 0 spiro atoms. The first-order chi connectivity index (χ1) is 13.6. The van der Waals surface area contributed by atoms with Crippen molar-refractivity contribution in [1.29, 1.82) is 0 Å². The van der Waals surface area contributed by atoms with Gasteiger partial charge in [0.25, 0.3) is 5.91 Å². The summed E-state index contributed by atoms with van der Waals surface area (Å²) >= 11 is 0. The Hall–Kier alpha value is -3.34. The lowest BCUT2D eigenvalue weighted by Crippen LogP contribution is -2.32. The third-order valence-corrected chi connectivity index (χ3v) is 5.10. The number of ether oxygens (including phenoxy) is 1. The fraction of sp³-hybridized carbons (Fsp3) is 0.217. The zero-order chi connectivity index (χ0) is 19.7. The highest BCUT2D eigenvalue weighted by Crippen LogP contribution is 2.35. The van der Waals surface area contributed by atoms with Crippen LogP contribution < -0.4 is 10.1 Å². The van der Waals surface area contributed by atoms with Crippen molar-refractivity contribution in [3.05, 3.63) is 88.7 Å². The molecule has 5 heteroatoms. The molecule has 1 aliphatic rings. The molecule has 2 heterocycles. The summed E-state index contributed by atoms with van der Waals surface area (Å²) in [5.74, 6) is 0.785.